The van der Waals surface area contributed by atoms with Crippen molar-refractivity contribution in [3.8, 4) is 0 Å². The molecule has 3 aromatic heterocycles. The molecule has 0 radical (unpaired) electrons. The van der Waals surface area contributed by atoms with Crippen LogP contribution in [0.4, 0.5) is 5.82 Å². The van der Waals surface area contributed by atoms with Gasteiger partial charge >= 0.3 is 5.69 Å². The summed E-state index contributed by atoms with van der Waals surface area (Å²) in [7, 11) is 0. The lowest BCUT2D eigenvalue weighted by Gasteiger charge is -2.09. The number of allylic oxidation sites excluding steroid dienone is 1. The third kappa shape index (κ3) is 3.73. The van der Waals surface area contributed by atoms with E-state index in [1.807, 2.05) is 55.6 Å². The maximum atomic E-state index is 12.2. The van der Waals surface area contributed by atoms with Gasteiger partial charge in [0.05, 0.1) is 22.9 Å². The maximum absolute atomic E-state index is 12.2. The predicted octanol–water partition coefficient (Wildman–Crippen LogP) is 4.31. The minimum atomic E-state index is -0.120. The van der Waals surface area contributed by atoms with Crippen LogP contribution in [0.15, 0.2) is 52.6 Å². The van der Waals surface area contributed by atoms with Crippen molar-refractivity contribution in [2.75, 3.05) is 11.9 Å². The van der Waals surface area contributed by atoms with Crippen molar-refractivity contribution in [1.29, 1.82) is 0 Å². The lowest BCUT2D eigenvalue weighted by atomic mass is 10.3. The first-order valence-electron chi connectivity index (χ1n) is 9.15. The third-order valence-corrected chi connectivity index (χ3v) is 4.59. The number of aromatic nitrogens is 5. The average Bonchev–Trinajstić information content (AvgIpc) is 3.24. The van der Waals surface area contributed by atoms with Crippen LogP contribution in [0, 0.1) is 0 Å². The van der Waals surface area contributed by atoms with Crippen molar-refractivity contribution in [2.24, 2.45) is 0 Å². The number of benzene rings is 1. The molecule has 0 fully saturated rings. The summed E-state index contributed by atoms with van der Waals surface area (Å²) in [6, 6.07) is 7.64. The molecule has 7 nitrogen and oxygen atoms in total. The van der Waals surface area contributed by atoms with Crippen LogP contribution in [-0.4, -0.2) is 30.5 Å². The number of para-hydroxylation sites is 2. The Bertz CT molecular complexity index is 1190. The highest BCUT2D eigenvalue weighted by Crippen LogP contribution is 2.22. The number of hydrogen-bond donors (Lipinski definition) is 2. The number of rotatable bonds is 5. The molecule has 0 bridgehead atoms. The van der Waals surface area contributed by atoms with E-state index in [1.54, 1.807) is 10.8 Å². The molecular weight excluding hydrogens is 420 g/mol. The van der Waals surface area contributed by atoms with Crippen molar-refractivity contribution >= 4 is 44.0 Å². The number of fused-ring (bicyclic) bond motifs is 2. The zero-order valence-electron chi connectivity index (χ0n) is 16.2. The molecule has 0 saturated heterocycles. The molecule has 0 amide bonds. The Hall–Kier alpha value is -2.87. The number of nitrogens with zero attached hydrogens (tertiary/aromatic N) is 4. The summed E-state index contributed by atoms with van der Waals surface area (Å²) in [5.41, 5.74) is 4.17. The number of H-pyrrole nitrogens is 1. The standard InChI is InChI=1S/C18H17BrN6O.C2H6/c1-11(2)14-9-21-17-16(23-15(19)10-25(14)17)20-7-8-24-13-6-4-3-5-12(13)22-18(24)26;1-2/h3-6,9-10H,1,7-8H2,2H3,(H,20,23)(H,22,26);1-2H3. The van der Waals surface area contributed by atoms with E-state index >= 15 is 0 Å². The SMILES string of the molecule is C=C(C)c1cnc2c(NCCn3c(=O)[nH]c4ccccc43)nc(Br)cn12.CC. The summed E-state index contributed by atoms with van der Waals surface area (Å²) in [4.78, 5) is 23.9. The lowest BCUT2D eigenvalue weighted by Crippen LogP contribution is -2.21. The summed E-state index contributed by atoms with van der Waals surface area (Å²) in [6.07, 6.45) is 3.64. The van der Waals surface area contributed by atoms with E-state index in [1.165, 1.54) is 0 Å². The molecule has 146 valence electrons. The lowest BCUT2D eigenvalue weighted by molar-refractivity contribution is 0.719. The molecule has 3 heterocycles. The Kier molecular flexibility index (Phi) is 5.99. The van der Waals surface area contributed by atoms with Gasteiger partial charge in [-0.1, -0.05) is 32.6 Å². The van der Waals surface area contributed by atoms with E-state index in [-0.39, 0.29) is 5.69 Å². The predicted molar refractivity (Wildman–Crippen MR) is 118 cm³/mol. The van der Waals surface area contributed by atoms with E-state index in [0.717, 1.165) is 27.9 Å². The van der Waals surface area contributed by atoms with E-state index in [9.17, 15) is 4.79 Å². The zero-order chi connectivity index (χ0) is 20.3. The van der Waals surface area contributed by atoms with Crippen molar-refractivity contribution < 1.29 is 0 Å². The molecule has 4 rings (SSSR count). The first kappa shape index (κ1) is 19.9. The van der Waals surface area contributed by atoms with Crippen LogP contribution in [0.3, 0.4) is 0 Å². The Balaban J connectivity index is 0.00000109. The minimum absolute atomic E-state index is 0.120. The number of halogens is 1. The Morgan fingerprint density at radius 2 is 2.07 bits per heavy atom. The Labute approximate surface area is 171 Å². The summed E-state index contributed by atoms with van der Waals surface area (Å²) >= 11 is 3.44. The van der Waals surface area contributed by atoms with Gasteiger partial charge in [-0.2, -0.15) is 0 Å². The van der Waals surface area contributed by atoms with Gasteiger partial charge in [-0.3, -0.25) is 8.97 Å². The van der Waals surface area contributed by atoms with Crippen LogP contribution in [0.1, 0.15) is 26.5 Å². The molecule has 4 aromatic rings. The van der Waals surface area contributed by atoms with Gasteiger partial charge in [-0.25, -0.2) is 14.8 Å². The van der Waals surface area contributed by atoms with Crippen LogP contribution in [-0.2, 0) is 6.54 Å². The fourth-order valence-electron chi connectivity index (χ4n) is 3.01. The highest BCUT2D eigenvalue weighted by atomic mass is 79.9. The summed E-state index contributed by atoms with van der Waals surface area (Å²) < 4.78 is 4.35. The Morgan fingerprint density at radius 3 is 2.82 bits per heavy atom. The minimum Gasteiger partial charge on any atom is -0.365 e. The van der Waals surface area contributed by atoms with Gasteiger partial charge in [-0.05, 0) is 40.6 Å². The van der Waals surface area contributed by atoms with Gasteiger partial charge in [-0.15, -0.1) is 0 Å². The molecule has 28 heavy (non-hydrogen) atoms. The fraction of sp³-hybridized carbons (Fsp3) is 0.250. The molecule has 0 aliphatic carbocycles. The second-order valence-corrected chi connectivity index (χ2v) is 6.87. The van der Waals surface area contributed by atoms with Crippen molar-refractivity contribution in [2.45, 2.75) is 27.3 Å². The van der Waals surface area contributed by atoms with Crippen LogP contribution in [0.5, 0.6) is 0 Å². The maximum Gasteiger partial charge on any atom is 0.326 e. The third-order valence-electron chi connectivity index (χ3n) is 4.21. The topological polar surface area (TPSA) is 80.0 Å². The average molecular weight is 443 g/mol. The monoisotopic (exact) mass is 442 g/mol. The second kappa shape index (κ2) is 8.43. The molecule has 0 unspecified atom stereocenters. The van der Waals surface area contributed by atoms with E-state index < -0.39 is 0 Å². The quantitative estimate of drug-likeness (QED) is 0.482. The van der Waals surface area contributed by atoms with Gasteiger partial charge in [0.1, 0.15) is 4.60 Å². The van der Waals surface area contributed by atoms with Crippen LogP contribution in [0.2, 0.25) is 0 Å². The molecule has 0 aliphatic rings. The molecule has 1 aromatic carbocycles. The number of aromatic amines is 1. The van der Waals surface area contributed by atoms with Gasteiger partial charge in [0, 0.05) is 19.3 Å². The van der Waals surface area contributed by atoms with Gasteiger partial charge in [0.25, 0.3) is 0 Å². The molecule has 0 saturated carbocycles. The highest BCUT2D eigenvalue weighted by Gasteiger charge is 2.11. The number of hydrogen-bond acceptors (Lipinski definition) is 4. The van der Waals surface area contributed by atoms with Gasteiger partial charge in [0.2, 0.25) is 0 Å². The van der Waals surface area contributed by atoms with E-state index in [2.05, 4.69) is 42.8 Å². The van der Waals surface area contributed by atoms with Crippen LogP contribution >= 0.6 is 15.9 Å². The van der Waals surface area contributed by atoms with Crippen molar-refractivity contribution in [3.05, 3.63) is 64.0 Å². The van der Waals surface area contributed by atoms with Crippen molar-refractivity contribution in [1.82, 2.24) is 23.9 Å². The molecule has 8 heteroatoms. The smallest absolute Gasteiger partial charge is 0.326 e. The molecule has 0 atom stereocenters. The molecule has 2 N–H and O–H groups in total. The highest BCUT2D eigenvalue weighted by molar-refractivity contribution is 9.10. The van der Waals surface area contributed by atoms with E-state index in [4.69, 9.17) is 0 Å². The van der Waals surface area contributed by atoms with Gasteiger partial charge in [0.15, 0.2) is 11.5 Å². The van der Waals surface area contributed by atoms with Gasteiger partial charge < -0.3 is 10.3 Å². The van der Waals surface area contributed by atoms with E-state index in [0.29, 0.717) is 23.5 Å². The zero-order valence-corrected chi connectivity index (χ0v) is 17.7. The fourth-order valence-corrected chi connectivity index (χ4v) is 3.39. The summed E-state index contributed by atoms with van der Waals surface area (Å²) in [5, 5.41) is 3.28. The summed E-state index contributed by atoms with van der Waals surface area (Å²) in [6.45, 7) is 11.0. The summed E-state index contributed by atoms with van der Waals surface area (Å²) in [5.74, 6) is 0.653. The second-order valence-electron chi connectivity index (χ2n) is 6.06. The molecule has 0 aliphatic heterocycles. The number of nitrogens with one attached hydrogen (secondary N) is 2. The molecular formula is C20H23BrN6O. The van der Waals surface area contributed by atoms with Crippen LogP contribution in [0.25, 0.3) is 22.3 Å². The first-order valence-corrected chi connectivity index (χ1v) is 9.95. The Morgan fingerprint density at radius 1 is 1.32 bits per heavy atom. The van der Waals surface area contributed by atoms with Crippen molar-refractivity contribution in [3.63, 3.8) is 0 Å². The number of imidazole rings is 2. The number of anilines is 1. The normalized spacial score (nSPS) is 10.7. The largest absolute Gasteiger partial charge is 0.365 e. The molecule has 0 spiro atoms. The first-order chi connectivity index (χ1) is 13.5. The van der Waals surface area contributed by atoms with Crippen LogP contribution < -0.4 is 11.0 Å².